The lowest BCUT2D eigenvalue weighted by molar-refractivity contribution is -0.177. The van der Waals surface area contributed by atoms with Crippen molar-refractivity contribution in [2.24, 2.45) is 0 Å². The maximum absolute atomic E-state index is 13.6. The summed E-state index contributed by atoms with van der Waals surface area (Å²) in [6, 6.07) is 0.981. The molecule has 0 aliphatic carbocycles. The molecule has 168 valence electrons. The van der Waals surface area contributed by atoms with E-state index in [2.05, 4.69) is 20.5 Å². The van der Waals surface area contributed by atoms with Gasteiger partial charge < -0.3 is 15.3 Å². The molecule has 1 amide bonds. The van der Waals surface area contributed by atoms with Crippen LogP contribution in [0.5, 0.6) is 0 Å². The summed E-state index contributed by atoms with van der Waals surface area (Å²) >= 11 is 0. The molecule has 13 heteroatoms. The summed E-state index contributed by atoms with van der Waals surface area (Å²) in [6.07, 6.45) is -9.02. The molecule has 3 N–H and O–H groups in total. The first-order valence-electron chi connectivity index (χ1n) is 9.38. The van der Waals surface area contributed by atoms with Crippen molar-refractivity contribution in [2.45, 2.75) is 43.1 Å². The standard InChI is InChI=1S/C18H17F6N5O2/c19-17(20,21)9-5-10(7-25-6-9)29-3-1-8(2-4-29)13-11-12(18(22,23)24)14(30)16(31)26-15(11)28-27-13/h5-8,12,14,30H,1-4H2,(H2,26,27,28,31)/t12-,14-/m1/s1. The van der Waals surface area contributed by atoms with Gasteiger partial charge in [-0.2, -0.15) is 31.4 Å². The molecular weight excluding hydrogens is 432 g/mol. The number of alkyl halides is 6. The van der Waals surface area contributed by atoms with Crippen LogP contribution in [0, 0.1) is 0 Å². The molecule has 1 fully saturated rings. The topological polar surface area (TPSA) is 94.1 Å². The van der Waals surface area contributed by atoms with E-state index in [-0.39, 0.29) is 35.9 Å². The number of rotatable bonds is 2. The zero-order valence-electron chi connectivity index (χ0n) is 15.8. The van der Waals surface area contributed by atoms with Crippen molar-refractivity contribution >= 4 is 17.4 Å². The Labute approximate surface area is 171 Å². The number of carbonyl (C=O) groups is 1. The first-order valence-corrected chi connectivity index (χ1v) is 9.38. The number of nitrogens with zero attached hydrogens (tertiary/aromatic N) is 3. The van der Waals surface area contributed by atoms with Gasteiger partial charge in [0, 0.05) is 30.8 Å². The highest BCUT2D eigenvalue weighted by molar-refractivity contribution is 5.97. The van der Waals surface area contributed by atoms with Crippen LogP contribution >= 0.6 is 0 Å². The van der Waals surface area contributed by atoms with E-state index in [1.165, 1.54) is 6.20 Å². The largest absolute Gasteiger partial charge is 0.417 e. The number of piperidine rings is 1. The van der Waals surface area contributed by atoms with Crippen LogP contribution in [-0.4, -0.2) is 51.6 Å². The van der Waals surface area contributed by atoms with E-state index in [1.54, 1.807) is 4.90 Å². The number of fused-ring (bicyclic) bond motifs is 1. The maximum Gasteiger partial charge on any atom is 0.417 e. The number of aliphatic hydroxyl groups is 1. The van der Waals surface area contributed by atoms with E-state index in [0.717, 1.165) is 12.3 Å². The molecule has 0 bridgehead atoms. The Balaban J connectivity index is 1.55. The Morgan fingerprint density at radius 1 is 1.10 bits per heavy atom. The molecule has 0 radical (unpaired) electrons. The van der Waals surface area contributed by atoms with Crippen LogP contribution in [-0.2, 0) is 11.0 Å². The molecule has 4 heterocycles. The molecule has 2 atom stereocenters. The number of amides is 1. The lowest BCUT2D eigenvalue weighted by atomic mass is 9.83. The average molecular weight is 449 g/mol. The predicted octanol–water partition coefficient (Wildman–Crippen LogP) is 3.17. The quantitative estimate of drug-likeness (QED) is 0.613. The van der Waals surface area contributed by atoms with Gasteiger partial charge in [0.2, 0.25) is 0 Å². The Morgan fingerprint density at radius 2 is 1.77 bits per heavy atom. The fourth-order valence-corrected chi connectivity index (χ4v) is 4.10. The van der Waals surface area contributed by atoms with Crippen molar-refractivity contribution in [3.63, 3.8) is 0 Å². The fourth-order valence-electron chi connectivity index (χ4n) is 4.10. The molecule has 31 heavy (non-hydrogen) atoms. The number of aromatic amines is 1. The van der Waals surface area contributed by atoms with Crippen LogP contribution < -0.4 is 10.2 Å². The van der Waals surface area contributed by atoms with Crippen LogP contribution in [0.4, 0.5) is 37.8 Å². The number of aliphatic hydroxyl groups excluding tert-OH is 1. The molecule has 0 aromatic carbocycles. The first kappa shape index (κ1) is 21.4. The second-order valence-corrected chi connectivity index (χ2v) is 7.54. The van der Waals surface area contributed by atoms with Crippen molar-refractivity contribution in [1.29, 1.82) is 0 Å². The summed E-state index contributed by atoms with van der Waals surface area (Å²) < 4.78 is 79.6. The Bertz CT molecular complexity index is 981. The van der Waals surface area contributed by atoms with E-state index in [4.69, 9.17) is 0 Å². The van der Waals surface area contributed by atoms with Crippen molar-refractivity contribution in [1.82, 2.24) is 15.2 Å². The number of anilines is 2. The van der Waals surface area contributed by atoms with Crippen molar-refractivity contribution in [2.75, 3.05) is 23.3 Å². The molecule has 2 aliphatic heterocycles. The average Bonchev–Trinajstić information content (AvgIpc) is 3.10. The van der Waals surface area contributed by atoms with Gasteiger partial charge in [-0.15, -0.1) is 0 Å². The van der Waals surface area contributed by atoms with Crippen molar-refractivity contribution < 1.29 is 36.2 Å². The second-order valence-electron chi connectivity index (χ2n) is 7.54. The van der Waals surface area contributed by atoms with Gasteiger partial charge in [-0.05, 0) is 18.9 Å². The van der Waals surface area contributed by atoms with Gasteiger partial charge in [-0.3, -0.25) is 14.9 Å². The highest BCUT2D eigenvalue weighted by Crippen LogP contribution is 2.47. The fraction of sp³-hybridized carbons (Fsp3) is 0.500. The summed E-state index contributed by atoms with van der Waals surface area (Å²) in [5, 5.41) is 18.4. The van der Waals surface area contributed by atoms with E-state index >= 15 is 0 Å². The maximum atomic E-state index is 13.6. The minimum absolute atomic E-state index is 0.0955. The van der Waals surface area contributed by atoms with Crippen LogP contribution in [0.3, 0.4) is 0 Å². The van der Waals surface area contributed by atoms with E-state index in [1.807, 2.05) is 0 Å². The number of H-pyrrole nitrogens is 1. The van der Waals surface area contributed by atoms with Gasteiger partial charge in [0.05, 0.1) is 23.1 Å². The molecule has 1 saturated heterocycles. The molecule has 0 spiro atoms. The minimum Gasteiger partial charge on any atom is -0.382 e. The second kappa shape index (κ2) is 7.39. The molecule has 4 rings (SSSR count). The van der Waals surface area contributed by atoms with Gasteiger partial charge in [0.25, 0.3) is 5.91 Å². The molecular formula is C18H17F6N5O2. The smallest absolute Gasteiger partial charge is 0.382 e. The van der Waals surface area contributed by atoms with Gasteiger partial charge in [0.15, 0.2) is 0 Å². The molecule has 2 aromatic heterocycles. The Morgan fingerprint density at radius 3 is 2.39 bits per heavy atom. The summed E-state index contributed by atoms with van der Waals surface area (Å²) in [4.78, 5) is 17.0. The van der Waals surface area contributed by atoms with Crippen LogP contribution in [0.15, 0.2) is 18.5 Å². The lowest BCUT2D eigenvalue weighted by Gasteiger charge is -2.35. The number of pyridine rings is 1. The van der Waals surface area contributed by atoms with E-state index in [9.17, 15) is 36.2 Å². The zero-order chi connectivity index (χ0) is 22.6. The van der Waals surface area contributed by atoms with Crippen molar-refractivity contribution in [3.8, 4) is 0 Å². The highest BCUT2D eigenvalue weighted by atomic mass is 19.4. The third-order valence-electron chi connectivity index (χ3n) is 5.63. The third-order valence-corrected chi connectivity index (χ3v) is 5.63. The summed E-state index contributed by atoms with van der Waals surface area (Å²) in [5.74, 6) is -4.20. The van der Waals surface area contributed by atoms with Crippen LogP contribution in [0.2, 0.25) is 0 Å². The monoisotopic (exact) mass is 449 g/mol. The lowest BCUT2D eigenvalue weighted by Crippen LogP contribution is -2.44. The number of hydrogen-bond donors (Lipinski definition) is 3. The molecule has 2 aromatic rings. The predicted molar refractivity (Wildman–Crippen MR) is 95.4 cm³/mol. The number of halogens is 6. The Kier molecular flexibility index (Phi) is 5.10. The first-order chi connectivity index (χ1) is 14.5. The number of hydrogen-bond acceptors (Lipinski definition) is 5. The number of nitrogens with one attached hydrogen (secondary N) is 2. The SMILES string of the molecule is O=C1Nc2[nH]nc(C3CCN(c4cncc(C(F)(F)F)c4)CC3)c2[C@@H](C(F)(F)F)[C@H]1O. The zero-order valence-corrected chi connectivity index (χ0v) is 15.8. The molecule has 0 saturated carbocycles. The number of carbonyl (C=O) groups excluding carboxylic acids is 1. The molecule has 0 unspecified atom stereocenters. The van der Waals surface area contributed by atoms with Gasteiger partial charge in [-0.1, -0.05) is 0 Å². The summed E-state index contributed by atoms with van der Waals surface area (Å²) in [5.41, 5.74) is -0.809. The summed E-state index contributed by atoms with van der Waals surface area (Å²) in [7, 11) is 0. The molecule has 7 nitrogen and oxygen atoms in total. The number of aromatic nitrogens is 3. The molecule has 2 aliphatic rings. The van der Waals surface area contributed by atoms with Crippen LogP contribution in [0.1, 0.15) is 41.5 Å². The Hall–Kier alpha value is -2.83. The van der Waals surface area contributed by atoms with E-state index in [0.29, 0.717) is 12.8 Å². The van der Waals surface area contributed by atoms with Crippen LogP contribution in [0.25, 0.3) is 0 Å². The van der Waals surface area contributed by atoms with Gasteiger partial charge in [0.1, 0.15) is 17.8 Å². The van der Waals surface area contributed by atoms with Gasteiger partial charge in [-0.25, -0.2) is 0 Å². The summed E-state index contributed by atoms with van der Waals surface area (Å²) in [6.45, 7) is 0.557. The minimum atomic E-state index is -4.87. The van der Waals surface area contributed by atoms with Crippen molar-refractivity contribution in [3.05, 3.63) is 35.3 Å². The third kappa shape index (κ3) is 3.93. The van der Waals surface area contributed by atoms with E-state index < -0.39 is 41.8 Å². The van der Waals surface area contributed by atoms with Gasteiger partial charge >= 0.3 is 12.4 Å². The highest BCUT2D eigenvalue weighted by Gasteiger charge is 2.53. The normalized spacial score (nSPS) is 22.9.